The van der Waals surface area contributed by atoms with Gasteiger partial charge in [-0.2, -0.15) is 0 Å². The third-order valence-electron chi connectivity index (χ3n) is 10.3. The number of nitrogens with one attached hydrogen (secondary N) is 4. The van der Waals surface area contributed by atoms with E-state index in [4.69, 9.17) is 9.84 Å². The summed E-state index contributed by atoms with van der Waals surface area (Å²) in [6.45, 7) is 1.75. The van der Waals surface area contributed by atoms with E-state index in [9.17, 15) is 19.2 Å². The van der Waals surface area contributed by atoms with Gasteiger partial charge in [-0.1, -0.05) is 60.7 Å². The zero-order chi connectivity index (χ0) is 32.3. The molecule has 2 aromatic rings. The Labute approximate surface area is 269 Å². The number of alkyl carbamates (subject to hydrolysis) is 1. The second-order valence-electron chi connectivity index (χ2n) is 13.8. The lowest BCUT2D eigenvalue weighted by Gasteiger charge is -2.53. The van der Waals surface area contributed by atoms with Crippen LogP contribution in [0.2, 0.25) is 0 Å². The Morgan fingerprint density at radius 2 is 1.61 bits per heavy atom. The highest BCUT2D eigenvalue weighted by Gasteiger charge is 2.50. The molecule has 2 aromatic carbocycles. The first-order valence-corrected chi connectivity index (χ1v) is 16.5. The van der Waals surface area contributed by atoms with Crippen LogP contribution in [0.1, 0.15) is 75.5 Å². The number of para-hydroxylation sites is 1. The van der Waals surface area contributed by atoms with Crippen LogP contribution in [0.4, 0.5) is 10.5 Å². The van der Waals surface area contributed by atoms with Crippen LogP contribution in [0.3, 0.4) is 0 Å². The molecule has 1 aliphatic heterocycles. The van der Waals surface area contributed by atoms with Gasteiger partial charge in [-0.05, 0) is 79.9 Å². The zero-order valence-corrected chi connectivity index (χ0v) is 26.2. The number of carboxylic acids is 1. The van der Waals surface area contributed by atoms with E-state index in [-0.39, 0.29) is 38.0 Å². The molecule has 4 aliphatic carbocycles. The number of benzene rings is 2. The van der Waals surface area contributed by atoms with Crippen molar-refractivity contribution in [3.8, 4) is 0 Å². The molecule has 0 aromatic heterocycles. The molecule has 0 saturated heterocycles. The molecular weight excluding hydrogens is 584 g/mol. The summed E-state index contributed by atoms with van der Waals surface area (Å²) in [7, 11) is 0. The van der Waals surface area contributed by atoms with Crippen molar-refractivity contribution in [3.05, 3.63) is 71.8 Å². The number of aliphatic carboxylic acids is 1. The SMILES string of the molecule is CC(CC1C=Cc2ccccc2N1)(NC(=O)OC1C2CC3CC(C2)CC1C3)C(=O)NCC(NC(=O)CCC(=O)O)c1ccccc1. The predicted octanol–water partition coefficient (Wildman–Crippen LogP) is 5.03. The van der Waals surface area contributed by atoms with E-state index in [1.54, 1.807) is 6.92 Å². The van der Waals surface area contributed by atoms with Crippen molar-refractivity contribution in [1.82, 2.24) is 16.0 Å². The van der Waals surface area contributed by atoms with Gasteiger partial charge in [0.1, 0.15) is 11.6 Å². The third kappa shape index (κ3) is 7.37. The molecule has 3 amide bonds. The second kappa shape index (κ2) is 13.6. The van der Waals surface area contributed by atoms with Crippen LogP contribution in [-0.4, -0.2) is 53.2 Å². The number of carboxylic acid groups (broad SMARTS) is 1. The van der Waals surface area contributed by atoms with Crippen molar-refractivity contribution in [2.45, 2.75) is 82.0 Å². The lowest BCUT2D eigenvalue weighted by atomic mass is 9.55. The Hall–Kier alpha value is -4.34. The Morgan fingerprint density at radius 1 is 0.935 bits per heavy atom. The summed E-state index contributed by atoms with van der Waals surface area (Å²) in [6, 6.07) is 16.2. The topological polar surface area (TPSA) is 146 Å². The van der Waals surface area contributed by atoms with E-state index >= 15 is 0 Å². The minimum absolute atomic E-state index is 0.0420. The Morgan fingerprint density at radius 3 is 2.30 bits per heavy atom. The fraction of sp³-hybridized carbons (Fsp3) is 0.500. The molecule has 5 aliphatic rings. The van der Waals surface area contributed by atoms with Crippen molar-refractivity contribution in [3.63, 3.8) is 0 Å². The molecule has 10 nitrogen and oxygen atoms in total. The van der Waals surface area contributed by atoms with Gasteiger partial charge in [0.05, 0.1) is 12.5 Å². The number of ether oxygens (including phenoxy) is 1. The smallest absolute Gasteiger partial charge is 0.408 e. The van der Waals surface area contributed by atoms with E-state index in [0.29, 0.717) is 11.8 Å². The summed E-state index contributed by atoms with van der Waals surface area (Å²) in [6.07, 6.45) is 8.82. The Kier molecular flexibility index (Phi) is 9.33. The van der Waals surface area contributed by atoms with Gasteiger partial charge in [-0.25, -0.2) is 4.79 Å². The number of carbonyl (C=O) groups excluding carboxylic acids is 3. The number of amides is 3. The van der Waals surface area contributed by atoms with Crippen molar-refractivity contribution in [2.75, 3.05) is 11.9 Å². The van der Waals surface area contributed by atoms with Crippen LogP contribution in [0.15, 0.2) is 60.7 Å². The molecule has 3 atom stereocenters. The average molecular weight is 629 g/mol. The van der Waals surface area contributed by atoms with Gasteiger partial charge >= 0.3 is 12.1 Å². The summed E-state index contributed by atoms with van der Waals surface area (Å²) < 4.78 is 6.14. The molecule has 3 unspecified atom stereocenters. The molecule has 10 heteroatoms. The quantitative estimate of drug-likeness (QED) is 0.222. The first kappa shape index (κ1) is 31.6. The molecule has 4 bridgehead atoms. The maximum atomic E-state index is 14.1. The summed E-state index contributed by atoms with van der Waals surface area (Å²) in [5.74, 6) is 0.363. The number of hydrogen-bond acceptors (Lipinski definition) is 6. The van der Waals surface area contributed by atoms with Crippen molar-refractivity contribution in [2.24, 2.45) is 23.7 Å². The fourth-order valence-corrected chi connectivity index (χ4v) is 8.26. The first-order chi connectivity index (χ1) is 22.1. The number of anilines is 1. The fourth-order valence-electron chi connectivity index (χ4n) is 8.26. The number of hydrogen-bond donors (Lipinski definition) is 5. The van der Waals surface area contributed by atoms with Gasteiger partial charge in [0.25, 0.3) is 0 Å². The van der Waals surface area contributed by atoms with Crippen molar-refractivity contribution >= 4 is 35.6 Å². The largest absolute Gasteiger partial charge is 0.481 e. The van der Waals surface area contributed by atoms with Crippen LogP contribution < -0.4 is 21.3 Å². The van der Waals surface area contributed by atoms with Crippen LogP contribution in [0.25, 0.3) is 6.08 Å². The average Bonchev–Trinajstić information content (AvgIpc) is 3.03. The highest BCUT2D eigenvalue weighted by Crippen LogP contribution is 2.54. The second-order valence-corrected chi connectivity index (χ2v) is 13.8. The molecule has 46 heavy (non-hydrogen) atoms. The van der Waals surface area contributed by atoms with Crippen LogP contribution in [-0.2, 0) is 19.1 Å². The predicted molar refractivity (Wildman–Crippen MR) is 174 cm³/mol. The molecule has 0 radical (unpaired) electrons. The maximum absolute atomic E-state index is 14.1. The Balaban J connectivity index is 1.16. The minimum atomic E-state index is -1.36. The molecular formula is C36H44N4O6. The number of fused-ring (bicyclic) bond motifs is 1. The van der Waals surface area contributed by atoms with E-state index in [1.165, 1.54) is 6.42 Å². The monoisotopic (exact) mass is 628 g/mol. The van der Waals surface area contributed by atoms with Gasteiger partial charge in [0.15, 0.2) is 0 Å². The molecule has 7 rings (SSSR count). The van der Waals surface area contributed by atoms with Gasteiger partial charge in [0, 0.05) is 31.1 Å². The highest BCUT2D eigenvalue weighted by atomic mass is 16.6. The van der Waals surface area contributed by atoms with Crippen LogP contribution in [0.5, 0.6) is 0 Å². The van der Waals surface area contributed by atoms with Gasteiger partial charge in [-0.15, -0.1) is 0 Å². The lowest BCUT2D eigenvalue weighted by Crippen LogP contribution is -2.60. The summed E-state index contributed by atoms with van der Waals surface area (Å²) in [5.41, 5.74) is 1.40. The van der Waals surface area contributed by atoms with E-state index in [2.05, 4.69) is 21.3 Å². The van der Waals surface area contributed by atoms with Crippen molar-refractivity contribution < 1.29 is 29.0 Å². The molecule has 5 N–H and O–H groups in total. The third-order valence-corrected chi connectivity index (χ3v) is 10.3. The molecule has 0 spiro atoms. The summed E-state index contributed by atoms with van der Waals surface area (Å²) in [5, 5.41) is 21.3. The highest BCUT2D eigenvalue weighted by molar-refractivity contribution is 5.90. The van der Waals surface area contributed by atoms with Gasteiger partial charge < -0.3 is 31.1 Å². The maximum Gasteiger partial charge on any atom is 0.408 e. The van der Waals surface area contributed by atoms with Gasteiger partial charge in [-0.3, -0.25) is 14.4 Å². The van der Waals surface area contributed by atoms with E-state index in [0.717, 1.165) is 54.3 Å². The number of carbonyl (C=O) groups is 4. The van der Waals surface area contributed by atoms with Crippen LogP contribution in [0, 0.1) is 23.7 Å². The lowest BCUT2D eigenvalue weighted by molar-refractivity contribution is -0.138. The minimum Gasteiger partial charge on any atom is -0.481 e. The summed E-state index contributed by atoms with van der Waals surface area (Å²) >= 11 is 0. The van der Waals surface area contributed by atoms with Crippen molar-refractivity contribution in [1.29, 1.82) is 0 Å². The summed E-state index contributed by atoms with van der Waals surface area (Å²) in [4.78, 5) is 51.3. The first-order valence-electron chi connectivity index (χ1n) is 16.5. The molecule has 4 saturated carbocycles. The molecule has 244 valence electrons. The van der Waals surface area contributed by atoms with E-state index in [1.807, 2.05) is 66.7 Å². The normalized spacial score (nSPS) is 27.3. The van der Waals surface area contributed by atoms with Crippen LogP contribution >= 0.6 is 0 Å². The number of rotatable bonds is 12. The van der Waals surface area contributed by atoms with Gasteiger partial charge in [0.2, 0.25) is 11.8 Å². The molecule has 1 heterocycles. The molecule has 4 fully saturated rings. The van der Waals surface area contributed by atoms with E-state index < -0.39 is 35.5 Å². The standard InChI is InChI=1S/C36H44N4O6/c1-36(20-28-12-11-25-9-5-6-10-29(25)38-28,40-35(45)46-33-26-16-22-15-23(18-26)19-27(33)17-22)34(44)37-21-30(24-7-3-2-4-8-24)39-31(41)13-14-32(42)43/h2-12,22-23,26-28,30,33,38H,13-21H2,1H3,(H,37,44)(H,39,41)(H,40,45)(H,42,43). The Bertz CT molecular complexity index is 1450. The zero-order valence-electron chi connectivity index (χ0n) is 26.2.